The van der Waals surface area contributed by atoms with Gasteiger partial charge in [0.2, 0.25) is 0 Å². The van der Waals surface area contributed by atoms with Gasteiger partial charge in [0.1, 0.15) is 12.4 Å². The minimum atomic E-state index is -0.461. The van der Waals surface area contributed by atoms with Crippen molar-refractivity contribution in [2.45, 2.75) is 0 Å². The molecule has 2 rings (SSSR count). The molecule has 98 valence electrons. The molecule has 19 heavy (non-hydrogen) atoms. The molecule has 0 N–H and O–H groups in total. The number of non-ortho nitro benzene ring substituents is 1. The molecule has 0 spiro atoms. The van der Waals surface area contributed by atoms with Gasteiger partial charge in [0.25, 0.3) is 5.69 Å². The Morgan fingerprint density at radius 1 is 1.37 bits per heavy atom. The van der Waals surface area contributed by atoms with E-state index in [0.29, 0.717) is 24.5 Å². The first kappa shape index (κ1) is 15.6. The van der Waals surface area contributed by atoms with Crippen LogP contribution in [-0.4, -0.2) is 54.1 Å². The molecule has 0 saturated heterocycles. The second-order valence-electron chi connectivity index (χ2n) is 3.61. The van der Waals surface area contributed by atoms with E-state index in [4.69, 9.17) is 9.47 Å². The summed E-state index contributed by atoms with van der Waals surface area (Å²) in [7, 11) is 1.57. The Morgan fingerprint density at radius 3 is 2.84 bits per heavy atom. The zero-order valence-corrected chi connectivity index (χ0v) is 13.2. The number of hydrogen-bond donors (Lipinski definition) is 0. The van der Waals surface area contributed by atoms with Crippen LogP contribution < -0.4 is 4.74 Å². The number of methoxy groups -OCH3 is 1. The number of rotatable bonds is 5. The zero-order valence-electron chi connectivity index (χ0n) is 10.3. The number of hydrogen-bond acceptors (Lipinski definition) is 5. The number of nitro benzene ring substituents is 1. The SMILES string of the molecule is COCCOc1cc([N+](=O)[O-])cc2ncccc12.[Sn]. The quantitative estimate of drug-likeness (QED) is 0.349. The maximum Gasteiger partial charge on any atom is 0.275 e. The Bertz CT molecular complexity index is 577. The molecule has 1 aromatic heterocycles. The van der Waals surface area contributed by atoms with E-state index >= 15 is 0 Å². The number of aromatic nitrogens is 1. The molecule has 2 aromatic rings. The Morgan fingerprint density at radius 2 is 2.16 bits per heavy atom. The zero-order chi connectivity index (χ0) is 13.0. The van der Waals surface area contributed by atoms with Gasteiger partial charge in [-0.1, -0.05) is 0 Å². The summed E-state index contributed by atoms with van der Waals surface area (Å²) in [5.41, 5.74) is 0.507. The van der Waals surface area contributed by atoms with Gasteiger partial charge < -0.3 is 9.47 Å². The second kappa shape index (κ2) is 7.24. The van der Waals surface area contributed by atoms with Crippen LogP contribution in [-0.2, 0) is 4.74 Å². The summed E-state index contributed by atoms with van der Waals surface area (Å²) >= 11 is 0. The Balaban J connectivity index is 0.00000180. The fraction of sp³-hybridized carbons (Fsp3) is 0.250. The molecular formula is C12H12N2O4Sn. The fourth-order valence-electron chi connectivity index (χ4n) is 1.59. The van der Waals surface area contributed by atoms with E-state index in [1.807, 2.05) is 6.07 Å². The number of ether oxygens (including phenoxy) is 2. The molecule has 0 aliphatic rings. The van der Waals surface area contributed by atoms with E-state index in [1.54, 1.807) is 19.4 Å². The topological polar surface area (TPSA) is 74.5 Å². The van der Waals surface area contributed by atoms with E-state index in [9.17, 15) is 10.1 Å². The largest absolute Gasteiger partial charge is 0.490 e. The average molecular weight is 367 g/mol. The Labute approximate surface area is 126 Å². The number of pyridine rings is 1. The predicted octanol–water partition coefficient (Wildman–Crippen LogP) is 1.79. The monoisotopic (exact) mass is 368 g/mol. The minimum absolute atomic E-state index is 0. The number of benzene rings is 1. The third-order valence-electron chi connectivity index (χ3n) is 2.42. The van der Waals surface area contributed by atoms with Crippen molar-refractivity contribution in [2.24, 2.45) is 0 Å². The van der Waals surface area contributed by atoms with E-state index in [1.165, 1.54) is 12.1 Å². The van der Waals surface area contributed by atoms with Crippen molar-refractivity contribution < 1.29 is 14.4 Å². The number of nitrogens with zero attached hydrogens (tertiary/aromatic N) is 2. The van der Waals surface area contributed by atoms with Crippen LogP contribution >= 0.6 is 0 Å². The molecule has 1 heterocycles. The van der Waals surface area contributed by atoms with Crippen LogP contribution in [0.3, 0.4) is 0 Å². The standard InChI is InChI=1S/C12H12N2O4.Sn/c1-17-5-6-18-12-8-9(14(15)16)7-11-10(12)3-2-4-13-11;/h2-4,7-8H,5-6H2,1H3;. The minimum Gasteiger partial charge on any atom is -0.490 e. The van der Waals surface area contributed by atoms with Crippen molar-refractivity contribution in [3.8, 4) is 5.75 Å². The van der Waals surface area contributed by atoms with Crippen molar-refractivity contribution in [3.63, 3.8) is 0 Å². The maximum atomic E-state index is 10.8. The van der Waals surface area contributed by atoms with Crippen molar-refractivity contribution in [2.75, 3.05) is 20.3 Å². The molecule has 7 heteroatoms. The summed E-state index contributed by atoms with van der Waals surface area (Å²) in [6.45, 7) is 0.756. The van der Waals surface area contributed by atoms with Gasteiger partial charge in [-0.2, -0.15) is 0 Å². The van der Waals surface area contributed by atoms with Crippen molar-refractivity contribution in [1.29, 1.82) is 0 Å². The number of fused-ring (bicyclic) bond motifs is 1. The molecule has 6 nitrogen and oxygen atoms in total. The van der Waals surface area contributed by atoms with E-state index in [-0.39, 0.29) is 29.6 Å². The van der Waals surface area contributed by atoms with Crippen LogP contribution in [0.25, 0.3) is 10.9 Å². The smallest absolute Gasteiger partial charge is 0.275 e. The van der Waals surface area contributed by atoms with E-state index < -0.39 is 4.92 Å². The molecule has 0 bridgehead atoms. The van der Waals surface area contributed by atoms with Gasteiger partial charge in [0, 0.05) is 48.7 Å². The first-order chi connectivity index (χ1) is 8.72. The summed E-state index contributed by atoms with van der Waals surface area (Å²) in [6, 6.07) is 6.41. The van der Waals surface area contributed by atoms with E-state index in [2.05, 4.69) is 4.98 Å². The van der Waals surface area contributed by atoms with Crippen LogP contribution in [0, 0.1) is 10.1 Å². The first-order valence-corrected chi connectivity index (χ1v) is 5.37. The van der Waals surface area contributed by atoms with Gasteiger partial charge in [0.05, 0.1) is 23.1 Å². The molecule has 0 saturated carbocycles. The van der Waals surface area contributed by atoms with Gasteiger partial charge in [-0.25, -0.2) is 0 Å². The van der Waals surface area contributed by atoms with Crippen molar-refractivity contribution in [1.82, 2.24) is 4.98 Å². The third kappa shape index (κ3) is 3.77. The summed E-state index contributed by atoms with van der Waals surface area (Å²) < 4.78 is 10.4. The van der Waals surface area contributed by atoms with Crippen LogP contribution in [0.5, 0.6) is 5.75 Å². The van der Waals surface area contributed by atoms with Gasteiger partial charge in [-0.3, -0.25) is 15.1 Å². The Hall–Kier alpha value is -1.41. The predicted molar refractivity (Wildman–Crippen MR) is 71.5 cm³/mol. The Kier molecular flexibility index (Phi) is 5.97. The van der Waals surface area contributed by atoms with Crippen LogP contribution in [0.1, 0.15) is 0 Å². The van der Waals surface area contributed by atoms with Crippen molar-refractivity contribution in [3.05, 3.63) is 40.6 Å². The third-order valence-corrected chi connectivity index (χ3v) is 2.42. The van der Waals surface area contributed by atoms with Gasteiger partial charge in [-0.15, -0.1) is 0 Å². The van der Waals surface area contributed by atoms with Crippen LogP contribution in [0.2, 0.25) is 0 Å². The first-order valence-electron chi connectivity index (χ1n) is 5.37. The second-order valence-corrected chi connectivity index (χ2v) is 3.61. The molecule has 0 amide bonds. The summed E-state index contributed by atoms with van der Waals surface area (Å²) in [5.74, 6) is 0.448. The molecule has 0 aliphatic heterocycles. The molecule has 0 fully saturated rings. The van der Waals surface area contributed by atoms with Gasteiger partial charge >= 0.3 is 0 Å². The molecule has 0 aliphatic carbocycles. The average Bonchev–Trinajstić information content (AvgIpc) is 2.38. The molecular weight excluding hydrogens is 355 g/mol. The van der Waals surface area contributed by atoms with Crippen molar-refractivity contribution >= 4 is 40.5 Å². The van der Waals surface area contributed by atoms with Gasteiger partial charge in [0.15, 0.2) is 0 Å². The normalized spacial score (nSPS) is 9.95. The molecule has 0 atom stereocenters. The summed E-state index contributed by atoms with van der Waals surface area (Å²) in [4.78, 5) is 14.5. The van der Waals surface area contributed by atoms with Gasteiger partial charge in [-0.05, 0) is 12.1 Å². The molecule has 0 unspecified atom stereocenters. The number of nitro groups is 1. The molecule has 1 aromatic carbocycles. The summed E-state index contributed by atoms with van der Waals surface area (Å²) in [5, 5.41) is 11.6. The summed E-state index contributed by atoms with van der Waals surface area (Å²) in [6.07, 6.45) is 1.59. The van der Waals surface area contributed by atoms with Crippen LogP contribution in [0.15, 0.2) is 30.5 Å². The fourth-order valence-corrected chi connectivity index (χ4v) is 1.59. The van der Waals surface area contributed by atoms with E-state index in [0.717, 1.165) is 5.39 Å². The van der Waals surface area contributed by atoms with Crippen LogP contribution in [0.4, 0.5) is 5.69 Å². The molecule has 4 radical (unpaired) electrons. The maximum absolute atomic E-state index is 10.8.